The zero-order chi connectivity index (χ0) is 25.1. The van der Waals surface area contributed by atoms with E-state index in [0.29, 0.717) is 22.3 Å². The number of benzene rings is 2. The highest BCUT2D eigenvalue weighted by Gasteiger charge is 2.34. The third-order valence-electron chi connectivity index (χ3n) is 5.19. The van der Waals surface area contributed by atoms with Gasteiger partial charge in [-0.2, -0.15) is 0 Å². The molecule has 36 heavy (non-hydrogen) atoms. The van der Waals surface area contributed by atoms with Gasteiger partial charge in [-0.25, -0.2) is 4.99 Å². The lowest BCUT2D eigenvalue weighted by Crippen LogP contribution is -2.39. The number of carbonyl (C=O) groups is 2. The highest BCUT2D eigenvalue weighted by molar-refractivity contribution is 8.14. The molecule has 0 saturated heterocycles. The van der Waals surface area contributed by atoms with E-state index in [4.69, 9.17) is 9.26 Å². The molecule has 0 aliphatic carbocycles. The molecule has 4 aromatic rings. The van der Waals surface area contributed by atoms with Crippen LogP contribution in [0, 0.1) is 0 Å². The number of para-hydroxylation sites is 1. The summed E-state index contributed by atoms with van der Waals surface area (Å²) in [7, 11) is 1.54. The van der Waals surface area contributed by atoms with E-state index in [1.807, 2.05) is 35.7 Å². The van der Waals surface area contributed by atoms with Gasteiger partial charge in [-0.05, 0) is 46.5 Å². The molecule has 2 aromatic carbocycles. The number of ketones is 1. The smallest absolute Gasteiger partial charge is 0.307 e. The molecule has 2 aromatic heterocycles. The number of aromatic nitrogens is 2. The number of amides is 1. The third kappa shape index (κ3) is 4.66. The Morgan fingerprint density at radius 1 is 1.17 bits per heavy atom. The average Bonchev–Trinajstić information content (AvgIpc) is 3.63. The molecule has 0 spiro atoms. The zero-order valence-corrected chi connectivity index (χ0v) is 20.5. The van der Waals surface area contributed by atoms with E-state index in [1.54, 1.807) is 42.5 Å². The molecule has 0 saturated carbocycles. The Hall–Kier alpha value is -4.22. The summed E-state index contributed by atoms with van der Waals surface area (Å²) in [5, 5.41) is 18.3. The molecule has 180 valence electrons. The van der Waals surface area contributed by atoms with E-state index in [2.05, 4.69) is 10.3 Å². The maximum atomic E-state index is 13.2. The number of nitrogens with zero attached hydrogens (tertiary/aromatic N) is 4. The van der Waals surface area contributed by atoms with Gasteiger partial charge in [-0.15, -0.1) is 11.3 Å². The van der Waals surface area contributed by atoms with Gasteiger partial charge < -0.3 is 14.4 Å². The van der Waals surface area contributed by atoms with Crippen LogP contribution in [0.5, 0.6) is 11.7 Å². The van der Waals surface area contributed by atoms with Gasteiger partial charge in [0.25, 0.3) is 5.91 Å². The molecule has 0 bridgehead atoms. The summed E-state index contributed by atoms with van der Waals surface area (Å²) in [6, 6.07) is 19.5. The number of anilines is 1. The molecule has 0 fully saturated rings. The minimum absolute atomic E-state index is 0.158. The summed E-state index contributed by atoms with van der Waals surface area (Å²) in [5.74, 6) is -1.20. The van der Waals surface area contributed by atoms with Crippen molar-refractivity contribution in [2.75, 3.05) is 17.8 Å². The van der Waals surface area contributed by atoms with E-state index in [0.717, 1.165) is 21.3 Å². The molecule has 5 rings (SSSR count). The van der Waals surface area contributed by atoms with Gasteiger partial charge in [0.15, 0.2) is 11.1 Å². The molecule has 1 amide bonds. The Morgan fingerprint density at radius 3 is 2.64 bits per heavy atom. The van der Waals surface area contributed by atoms with Crippen molar-refractivity contribution in [2.45, 2.75) is 0 Å². The number of carbonyl (C=O) groups excluding carboxylic acids is 2. The summed E-state index contributed by atoms with van der Waals surface area (Å²) < 4.78 is 11.1. The fourth-order valence-electron chi connectivity index (χ4n) is 3.48. The van der Waals surface area contributed by atoms with Crippen LogP contribution < -0.4 is 19.4 Å². The van der Waals surface area contributed by atoms with E-state index >= 15 is 0 Å². The molecule has 1 aliphatic heterocycles. The summed E-state index contributed by atoms with van der Waals surface area (Å²) in [4.78, 5) is 33.2. The number of hydrogen-bond acceptors (Lipinski definition) is 9. The lowest BCUT2D eigenvalue weighted by Gasteiger charge is -2.17. The average molecular weight is 519 g/mol. The zero-order valence-electron chi connectivity index (χ0n) is 18.9. The van der Waals surface area contributed by atoms with Crippen molar-refractivity contribution in [1.29, 1.82) is 0 Å². The topological polar surface area (TPSA) is 112 Å². The molecule has 1 aliphatic rings. The van der Waals surface area contributed by atoms with Crippen LogP contribution in [0.25, 0.3) is 11.8 Å². The molecular formula is C25H18N4O5S2. The van der Waals surface area contributed by atoms with Crippen molar-refractivity contribution >= 4 is 51.7 Å². The molecule has 0 N–H and O–H groups in total. The second-order valence-electron chi connectivity index (χ2n) is 7.45. The number of hydrogen-bond donors (Lipinski definition) is 0. The Morgan fingerprint density at radius 2 is 1.94 bits per heavy atom. The Kier molecular flexibility index (Phi) is 6.65. The van der Waals surface area contributed by atoms with E-state index in [9.17, 15) is 14.7 Å². The first-order chi connectivity index (χ1) is 17.5. The molecule has 3 heterocycles. The van der Waals surface area contributed by atoms with Crippen LogP contribution in [0.1, 0.15) is 15.4 Å². The van der Waals surface area contributed by atoms with Crippen LogP contribution in [0.4, 0.5) is 5.69 Å². The van der Waals surface area contributed by atoms with E-state index in [-0.39, 0.29) is 23.1 Å². The number of aliphatic imine (C=N–C) groups is 1. The van der Waals surface area contributed by atoms with Gasteiger partial charge in [-0.1, -0.05) is 36.0 Å². The number of amidine groups is 1. The quantitative estimate of drug-likeness (QED) is 0.209. The van der Waals surface area contributed by atoms with Crippen molar-refractivity contribution in [3.63, 3.8) is 0 Å². The van der Waals surface area contributed by atoms with Crippen LogP contribution >= 0.6 is 23.1 Å². The molecule has 9 nitrogen and oxygen atoms in total. The van der Waals surface area contributed by atoms with Crippen LogP contribution in [0.2, 0.25) is 0 Å². The number of Topliss-reactive ketones (excluding diaryl/α,β-unsaturated/α-hetero) is 1. The maximum absolute atomic E-state index is 13.2. The number of thiophene rings is 1. The predicted octanol–water partition coefficient (Wildman–Crippen LogP) is 3.45. The largest absolute Gasteiger partial charge is 0.539 e. The standard InChI is InChI=1S/C25H18N4O5S2/c1-33-18-11-9-17(10-12-18)29-22(24(32)34-27-29)21(30)15-36-25-26-20(14-19-8-5-13-35-19)23(31)28(25)16-6-3-2-4-7-16/h2-14H,15H2,1H3/b20-14+. The Labute approximate surface area is 213 Å². The normalized spacial score (nSPS) is 14.4. The number of thioether (sulfide) groups is 1. The predicted molar refractivity (Wildman–Crippen MR) is 134 cm³/mol. The summed E-state index contributed by atoms with van der Waals surface area (Å²) >= 11 is 2.55. The number of ether oxygens (including phenoxy) is 1. The first kappa shape index (κ1) is 23.5. The van der Waals surface area contributed by atoms with Gasteiger partial charge in [0.2, 0.25) is 11.5 Å². The monoisotopic (exact) mass is 518 g/mol. The first-order valence-electron chi connectivity index (χ1n) is 10.7. The number of methoxy groups -OCH3 is 1. The van der Waals surface area contributed by atoms with Gasteiger partial charge in [0, 0.05) is 17.0 Å². The summed E-state index contributed by atoms with van der Waals surface area (Å²) in [5.41, 5.74) is 1.13. The second-order valence-corrected chi connectivity index (χ2v) is 9.37. The van der Waals surface area contributed by atoms with Crippen molar-refractivity contribution < 1.29 is 28.6 Å². The number of rotatable bonds is 7. The second kappa shape index (κ2) is 10.2. The Balaban J connectivity index is 1.41. The van der Waals surface area contributed by atoms with Crippen LogP contribution in [0.15, 0.2) is 87.3 Å². The van der Waals surface area contributed by atoms with Crippen LogP contribution in [-0.4, -0.2) is 35.0 Å². The molecular weight excluding hydrogens is 500 g/mol. The van der Waals surface area contributed by atoms with Gasteiger partial charge >= 0.3 is 5.69 Å². The lowest BCUT2D eigenvalue weighted by atomic mass is 10.2. The lowest BCUT2D eigenvalue weighted by molar-refractivity contribution is -0.672. The first-order valence-corrected chi connectivity index (χ1v) is 12.5. The van der Waals surface area contributed by atoms with Crippen molar-refractivity contribution in [3.8, 4) is 17.4 Å². The van der Waals surface area contributed by atoms with E-state index in [1.165, 1.54) is 23.3 Å². The van der Waals surface area contributed by atoms with Gasteiger partial charge in [0.05, 0.1) is 23.8 Å². The SMILES string of the molecule is COc1ccc(-[n+]2noc([O-])c2C(=O)CSC2=N/C(=C/c3cccs3)C(=O)N2c2ccccc2)cc1. The van der Waals surface area contributed by atoms with Gasteiger partial charge in [0.1, 0.15) is 11.4 Å². The third-order valence-corrected chi connectivity index (χ3v) is 6.95. The fourth-order valence-corrected chi connectivity index (χ4v) is 5.01. The molecule has 0 unspecified atom stereocenters. The maximum Gasteiger partial charge on any atom is 0.307 e. The van der Waals surface area contributed by atoms with Crippen molar-refractivity contribution in [1.82, 2.24) is 5.27 Å². The highest BCUT2D eigenvalue weighted by Crippen LogP contribution is 2.30. The Bertz CT molecular complexity index is 1460. The molecule has 11 heteroatoms. The summed E-state index contributed by atoms with van der Waals surface area (Å²) in [6.45, 7) is 0. The van der Waals surface area contributed by atoms with Crippen LogP contribution in [0.3, 0.4) is 0 Å². The highest BCUT2D eigenvalue weighted by atomic mass is 32.2. The van der Waals surface area contributed by atoms with Gasteiger partial charge in [-0.3, -0.25) is 14.5 Å². The summed E-state index contributed by atoms with van der Waals surface area (Å²) in [6.07, 6.45) is 1.71. The minimum atomic E-state index is -0.848. The molecule has 0 radical (unpaired) electrons. The minimum Gasteiger partial charge on any atom is -0.539 e. The van der Waals surface area contributed by atoms with E-state index < -0.39 is 11.7 Å². The van der Waals surface area contributed by atoms with Crippen molar-refractivity contribution in [3.05, 3.63) is 88.4 Å². The molecule has 0 atom stereocenters. The fraction of sp³-hybridized carbons (Fsp3) is 0.0800. The van der Waals surface area contributed by atoms with Crippen molar-refractivity contribution in [2.24, 2.45) is 4.99 Å². The van der Waals surface area contributed by atoms with Crippen LogP contribution in [-0.2, 0) is 4.79 Å².